The van der Waals surface area contributed by atoms with Gasteiger partial charge in [-0.2, -0.15) is 0 Å². The van der Waals surface area contributed by atoms with Crippen molar-refractivity contribution in [3.05, 3.63) is 47.3 Å². The van der Waals surface area contributed by atoms with Crippen molar-refractivity contribution in [1.29, 1.82) is 0 Å². The molecular formula is C18H27FN2O. The van der Waals surface area contributed by atoms with Crippen molar-refractivity contribution in [1.82, 2.24) is 9.80 Å². The highest BCUT2D eigenvalue weighted by molar-refractivity contribution is 5.16. The molecule has 1 aliphatic rings. The first-order chi connectivity index (χ1) is 10.6. The van der Waals surface area contributed by atoms with Crippen LogP contribution in [0.4, 0.5) is 4.39 Å². The summed E-state index contributed by atoms with van der Waals surface area (Å²) in [5, 5.41) is 9.35. The lowest BCUT2D eigenvalue weighted by molar-refractivity contribution is 0.0584. The van der Waals surface area contributed by atoms with E-state index in [-0.39, 0.29) is 12.4 Å². The number of rotatable bonds is 6. The molecule has 1 aromatic carbocycles. The van der Waals surface area contributed by atoms with Gasteiger partial charge in [0.05, 0.1) is 0 Å². The summed E-state index contributed by atoms with van der Waals surface area (Å²) in [4.78, 5) is 4.86. The number of hydrogen-bond acceptors (Lipinski definition) is 3. The smallest absolute Gasteiger partial charge is 0.123 e. The van der Waals surface area contributed by atoms with Crippen LogP contribution in [0.25, 0.3) is 0 Å². The minimum absolute atomic E-state index is 0.192. The van der Waals surface area contributed by atoms with Crippen molar-refractivity contribution in [2.75, 3.05) is 32.8 Å². The Labute approximate surface area is 133 Å². The van der Waals surface area contributed by atoms with Crippen LogP contribution in [-0.4, -0.2) is 53.7 Å². The lowest BCUT2D eigenvalue weighted by Crippen LogP contribution is -2.53. The third-order valence-electron chi connectivity index (χ3n) is 4.42. The largest absolute Gasteiger partial charge is 0.396 e. The third-order valence-corrected chi connectivity index (χ3v) is 4.42. The van der Waals surface area contributed by atoms with E-state index >= 15 is 0 Å². The van der Waals surface area contributed by atoms with E-state index in [1.165, 1.54) is 17.7 Å². The van der Waals surface area contributed by atoms with Crippen molar-refractivity contribution in [2.45, 2.75) is 32.9 Å². The molecule has 0 aromatic heterocycles. The van der Waals surface area contributed by atoms with Gasteiger partial charge in [-0.1, -0.05) is 23.8 Å². The normalized spacial score (nSPS) is 21.3. The minimum atomic E-state index is -0.192. The molecule has 0 amide bonds. The van der Waals surface area contributed by atoms with Gasteiger partial charge in [0.2, 0.25) is 0 Å². The molecule has 0 radical (unpaired) electrons. The Morgan fingerprint density at radius 3 is 2.68 bits per heavy atom. The predicted molar refractivity (Wildman–Crippen MR) is 88.2 cm³/mol. The van der Waals surface area contributed by atoms with Crippen LogP contribution >= 0.6 is 0 Å². The van der Waals surface area contributed by atoms with E-state index in [2.05, 4.69) is 29.7 Å². The molecule has 22 heavy (non-hydrogen) atoms. The van der Waals surface area contributed by atoms with Gasteiger partial charge >= 0.3 is 0 Å². The maximum atomic E-state index is 13.0. The Morgan fingerprint density at radius 1 is 1.32 bits per heavy atom. The Balaban J connectivity index is 1.97. The van der Waals surface area contributed by atoms with E-state index in [0.29, 0.717) is 6.04 Å². The fourth-order valence-electron chi connectivity index (χ4n) is 3.00. The van der Waals surface area contributed by atoms with E-state index in [1.807, 2.05) is 12.1 Å². The van der Waals surface area contributed by atoms with Crippen molar-refractivity contribution in [3.8, 4) is 0 Å². The molecule has 4 heteroatoms. The fourth-order valence-corrected chi connectivity index (χ4v) is 3.00. The van der Waals surface area contributed by atoms with Crippen molar-refractivity contribution >= 4 is 0 Å². The molecule has 1 aliphatic heterocycles. The molecule has 0 bridgehead atoms. The fraction of sp³-hybridized carbons (Fsp3) is 0.556. The first-order valence-corrected chi connectivity index (χ1v) is 8.06. The van der Waals surface area contributed by atoms with Gasteiger partial charge in [-0.3, -0.25) is 9.80 Å². The number of benzene rings is 1. The van der Waals surface area contributed by atoms with Crippen LogP contribution in [-0.2, 0) is 6.54 Å². The lowest BCUT2D eigenvalue weighted by atomic mass is 10.1. The zero-order valence-electron chi connectivity index (χ0n) is 13.6. The van der Waals surface area contributed by atoms with Gasteiger partial charge in [-0.15, -0.1) is 0 Å². The maximum Gasteiger partial charge on any atom is 0.123 e. The quantitative estimate of drug-likeness (QED) is 0.819. The molecule has 1 atom stereocenters. The average molecular weight is 306 g/mol. The summed E-state index contributed by atoms with van der Waals surface area (Å²) < 4.78 is 13.0. The SMILES string of the molecule is C/C=C(\C)CN1CCN(Cc2ccc(F)cc2)[C@@H](CCO)C1. The number of aliphatic hydroxyl groups excluding tert-OH is 1. The molecule has 0 aliphatic carbocycles. The molecule has 2 rings (SSSR count). The first kappa shape index (κ1) is 17.1. The van der Waals surface area contributed by atoms with E-state index in [4.69, 9.17) is 0 Å². The Kier molecular flexibility index (Phi) is 6.55. The molecule has 3 nitrogen and oxygen atoms in total. The number of hydrogen-bond donors (Lipinski definition) is 1. The highest BCUT2D eigenvalue weighted by Gasteiger charge is 2.26. The topological polar surface area (TPSA) is 26.7 Å². The van der Waals surface area contributed by atoms with Gasteiger partial charge in [0.15, 0.2) is 0 Å². The summed E-state index contributed by atoms with van der Waals surface area (Å²) >= 11 is 0. The molecule has 1 saturated heterocycles. The van der Waals surface area contributed by atoms with Crippen LogP contribution in [0.1, 0.15) is 25.8 Å². The van der Waals surface area contributed by atoms with Gasteiger partial charge in [-0.25, -0.2) is 4.39 Å². The molecule has 1 heterocycles. The number of aliphatic hydroxyl groups is 1. The van der Waals surface area contributed by atoms with Crippen molar-refractivity contribution in [2.24, 2.45) is 0 Å². The van der Waals surface area contributed by atoms with Gasteiger partial charge in [0.25, 0.3) is 0 Å². The average Bonchev–Trinajstić information content (AvgIpc) is 2.52. The van der Waals surface area contributed by atoms with Gasteiger partial charge in [0.1, 0.15) is 5.82 Å². The van der Waals surface area contributed by atoms with Crippen LogP contribution in [0.5, 0.6) is 0 Å². The predicted octanol–water partition coefficient (Wildman–Crippen LogP) is 2.66. The Bertz CT molecular complexity index is 486. The second-order valence-corrected chi connectivity index (χ2v) is 6.13. The van der Waals surface area contributed by atoms with Crippen molar-refractivity contribution in [3.63, 3.8) is 0 Å². The van der Waals surface area contributed by atoms with Crippen LogP contribution < -0.4 is 0 Å². The third kappa shape index (κ3) is 4.90. The molecule has 0 unspecified atom stereocenters. The van der Waals surface area contributed by atoms with E-state index in [9.17, 15) is 9.50 Å². The van der Waals surface area contributed by atoms with E-state index < -0.39 is 0 Å². The van der Waals surface area contributed by atoms with Crippen LogP contribution in [0.2, 0.25) is 0 Å². The molecule has 1 N–H and O–H groups in total. The molecular weight excluding hydrogens is 279 g/mol. The second kappa shape index (κ2) is 8.42. The summed E-state index contributed by atoms with van der Waals surface area (Å²) in [6.45, 7) is 9.27. The molecule has 1 fully saturated rings. The van der Waals surface area contributed by atoms with Crippen LogP contribution in [0.15, 0.2) is 35.9 Å². The first-order valence-electron chi connectivity index (χ1n) is 8.06. The number of halogens is 1. The summed E-state index contributed by atoms with van der Waals surface area (Å²) in [7, 11) is 0. The Morgan fingerprint density at radius 2 is 2.05 bits per heavy atom. The van der Waals surface area contributed by atoms with Gasteiger partial charge < -0.3 is 5.11 Å². The molecule has 0 saturated carbocycles. The van der Waals surface area contributed by atoms with E-state index in [1.54, 1.807) is 0 Å². The maximum absolute atomic E-state index is 13.0. The minimum Gasteiger partial charge on any atom is -0.396 e. The highest BCUT2D eigenvalue weighted by atomic mass is 19.1. The standard InChI is InChI=1S/C18H27FN2O/c1-3-15(2)12-20-9-10-21(18(14-20)8-11-22)13-16-4-6-17(19)7-5-16/h3-7,18,22H,8-14H2,1-2H3/b15-3+/t18-/m0/s1. The summed E-state index contributed by atoms with van der Waals surface area (Å²) in [6.07, 6.45) is 2.94. The summed E-state index contributed by atoms with van der Waals surface area (Å²) in [6, 6.07) is 7.08. The number of allylic oxidation sites excluding steroid dienone is 1. The molecule has 122 valence electrons. The summed E-state index contributed by atoms with van der Waals surface area (Å²) in [5.74, 6) is -0.192. The van der Waals surface area contributed by atoms with Gasteiger partial charge in [-0.05, 0) is 38.0 Å². The van der Waals surface area contributed by atoms with Gasteiger partial charge in [0, 0.05) is 45.4 Å². The second-order valence-electron chi connectivity index (χ2n) is 6.13. The number of nitrogens with zero attached hydrogens (tertiary/aromatic N) is 2. The molecule has 0 spiro atoms. The summed E-state index contributed by atoms with van der Waals surface area (Å²) in [5.41, 5.74) is 2.51. The monoisotopic (exact) mass is 306 g/mol. The highest BCUT2D eigenvalue weighted by Crippen LogP contribution is 2.17. The van der Waals surface area contributed by atoms with Crippen molar-refractivity contribution < 1.29 is 9.50 Å². The van der Waals surface area contributed by atoms with E-state index in [0.717, 1.165) is 44.7 Å². The zero-order valence-corrected chi connectivity index (χ0v) is 13.6. The number of piperazine rings is 1. The lowest BCUT2D eigenvalue weighted by Gasteiger charge is -2.41. The zero-order chi connectivity index (χ0) is 15.9. The molecule has 1 aromatic rings. The van der Waals surface area contributed by atoms with Crippen LogP contribution in [0, 0.1) is 5.82 Å². The Hall–Kier alpha value is -1.23. The van der Waals surface area contributed by atoms with Crippen LogP contribution in [0.3, 0.4) is 0 Å².